The van der Waals surface area contributed by atoms with E-state index in [4.69, 9.17) is 9.47 Å². The first-order valence-electron chi connectivity index (χ1n) is 6.29. The van der Waals surface area contributed by atoms with Crippen molar-refractivity contribution >= 4 is 5.91 Å². The van der Waals surface area contributed by atoms with Crippen molar-refractivity contribution < 1.29 is 14.3 Å². The van der Waals surface area contributed by atoms with E-state index in [1.807, 2.05) is 0 Å². The fourth-order valence-corrected chi connectivity index (χ4v) is 1.67. The summed E-state index contributed by atoms with van der Waals surface area (Å²) in [7, 11) is 3.56. The molecule has 17 heavy (non-hydrogen) atoms. The van der Waals surface area contributed by atoms with Crippen molar-refractivity contribution in [2.24, 2.45) is 0 Å². The number of hydrogen-bond donors (Lipinski definition) is 0. The van der Waals surface area contributed by atoms with Gasteiger partial charge in [0.1, 0.15) is 0 Å². The molecule has 1 fully saturated rings. The van der Waals surface area contributed by atoms with Crippen LogP contribution in [-0.4, -0.2) is 68.9 Å². The third-order valence-corrected chi connectivity index (χ3v) is 2.88. The van der Waals surface area contributed by atoms with Crippen molar-refractivity contribution in [3.05, 3.63) is 0 Å². The second-order valence-corrected chi connectivity index (χ2v) is 4.47. The third-order valence-electron chi connectivity index (χ3n) is 2.88. The summed E-state index contributed by atoms with van der Waals surface area (Å²) in [6.45, 7) is 5.80. The Morgan fingerprint density at radius 2 is 1.94 bits per heavy atom. The Balaban J connectivity index is 2.23. The Bertz CT molecular complexity index is 228. The van der Waals surface area contributed by atoms with Crippen LogP contribution in [0.2, 0.25) is 0 Å². The minimum absolute atomic E-state index is 0.0905. The maximum absolute atomic E-state index is 11.6. The number of nitrogens with zero attached hydrogens (tertiary/aromatic N) is 2. The smallest absolute Gasteiger partial charge is 0.236 e. The van der Waals surface area contributed by atoms with E-state index < -0.39 is 0 Å². The number of carbonyl (C=O) groups excluding carboxylic acids is 1. The number of carbonyl (C=O) groups is 1. The number of likely N-dealkylation sites (N-methyl/N-ethyl adjacent to an activating group) is 2. The molecular formula is C12H24N2O3. The predicted octanol–water partition coefficient (Wildman–Crippen LogP) is 0.550. The van der Waals surface area contributed by atoms with E-state index in [1.54, 1.807) is 19.0 Å². The summed E-state index contributed by atoms with van der Waals surface area (Å²) in [4.78, 5) is 15.3. The predicted molar refractivity (Wildman–Crippen MR) is 65.7 cm³/mol. The van der Waals surface area contributed by atoms with Gasteiger partial charge < -0.3 is 14.4 Å². The lowest BCUT2D eigenvalue weighted by Crippen LogP contribution is -2.38. The standard InChI is InChI=1S/C12H24N2O3/c1-4-14(10-11(15)13(2)3)7-6-12-16-8-5-9-17-12/h12H,4-10H2,1-3H3. The molecule has 0 atom stereocenters. The van der Waals surface area contributed by atoms with Gasteiger partial charge in [-0.1, -0.05) is 6.92 Å². The molecule has 100 valence electrons. The van der Waals surface area contributed by atoms with Crippen molar-refractivity contribution in [2.45, 2.75) is 26.1 Å². The first-order chi connectivity index (χ1) is 8.13. The molecule has 1 rings (SSSR count). The minimum atomic E-state index is -0.0905. The molecule has 1 aliphatic heterocycles. The highest BCUT2D eigenvalue weighted by molar-refractivity contribution is 5.77. The lowest BCUT2D eigenvalue weighted by Gasteiger charge is -2.27. The summed E-state index contributed by atoms with van der Waals surface area (Å²) in [6.07, 6.45) is 1.72. The molecule has 0 radical (unpaired) electrons. The van der Waals surface area contributed by atoms with Gasteiger partial charge in [0.15, 0.2) is 6.29 Å². The van der Waals surface area contributed by atoms with Crippen molar-refractivity contribution in [3.63, 3.8) is 0 Å². The van der Waals surface area contributed by atoms with Crippen LogP contribution in [0.15, 0.2) is 0 Å². The van der Waals surface area contributed by atoms with Gasteiger partial charge in [0, 0.05) is 27.1 Å². The fourth-order valence-electron chi connectivity index (χ4n) is 1.67. The first-order valence-corrected chi connectivity index (χ1v) is 6.29. The summed E-state index contributed by atoms with van der Waals surface area (Å²) in [5.41, 5.74) is 0. The number of hydrogen-bond acceptors (Lipinski definition) is 4. The van der Waals surface area contributed by atoms with Crippen molar-refractivity contribution in [3.8, 4) is 0 Å². The van der Waals surface area contributed by atoms with Gasteiger partial charge >= 0.3 is 0 Å². The molecule has 5 nitrogen and oxygen atoms in total. The Labute approximate surface area is 104 Å². The van der Waals surface area contributed by atoms with E-state index in [-0.39, 0.29) is 12.2 Å². The zero-order chi connectivity index (χ0) is 12.7. The Morgan fingerprint density at radius 3 is 2.47 bits per heavy atom. The van der Waals surface area contributed by atoms with E-state index in [0.29, 0.717) is 6.54 Å². The molecule has 0 spiro atoms. The summed E-state index contributed by atoms with van der Waals surface area (Å²) in [5.74, 6) is 0.136. The topological polar surface area (TPSA) is 42.0 Å². The summed E-state index contributed by atoms with van der Waals surface area (Å²) in [5, 5.41) is 0. The minimum Gasteiger partial charge on any atom is -0.353 e. The molecular weight excluding hydrogens is 220 g/mol. The average molecular weight is 244 g/mol. The van der Waals surface area contributed by atoms with Gasteiger partial charge in [-0.25, -0.2) is 0 Å². The van der Waals surface area contributed by atoms with Crippen LogP contribution in [0.5, 0.6) is 0 Å². The molecule has 1 saturated heterocycles. The van der Waals surface area contributed by atoms with E-state index in [1.165, 1.54) is 0 Å². The lowest BCUT2D eigenvalue weighted by molar-refractivity contribution is -0.182. The van der Waals surface area contributed by atoms with Crippen molar-refractivity contribution in [1.82, 2.24) is 9.80 Å². The zero-order valence-corrected chi connectivity index (χ0v) is 11.1. The van der Waals surface area contributed by atoms with Crippen LogP contribution in [0, 0.1) is 0 Å². The summed E-state index contributed by atoms with van der Waals surface area (Å²) >= 11 is 0. The van der Waals surface area contributed by atoms with Gasteiger partial charge in [0.2, 0.25) is 5.91 Å². The van der Waals surface area contributed by atoms with Crippen LogP contribution in [-0.2, 0) is 14.3 Å². The fraction of sp³-hybridized carbons (Fsp3) is 0.917. The molecule has 0 bridgehead atoms. The maximum atomic E-state index is 11.6. The average Bonchev–Trinajstić information content (AvgIpc) is 2.35. The first kappa shape index (κ1) is 14.4. The summed E-state index contributed by atoms with van der Waals surface area (Å²) < 4.78 is 11.0. The monoisotopic (exact) mass is 244 g/mol. The molecule has 1 aliphatic rings. The maximum Gasteiger partial charge on any atom is 0.236 e. The van der Waals surface area contributed by atoms with Crippen LogP contribution >= 0.6 is 0 Å². The quantitative estimate of drug-likeness (QED) is 0.684. The molecule has 5 heteroatoms. The van der Waals surface area contributed by atoms with Gasteiger partial charge in [-0.3, -0.25) is 9.69 Å². The number of rotatable bonds is 6. The van der Waals surface area contributed by atoms with Crippen LogP contribution < -0.4 is 0 Å². The molecule has 0 aromatic heterocycles. The largest absolute Gasteiger partial charge is 0.353 e. The van der Waals surface area contributed by atoms with Gasteiger partial charge in [-0.05, 0) is 13.0 Å². The summed E-state index contributed by atoms with van der Waals surface area (Å²) in [6, 6.07) is 0. The second kappa shape index (κ2) is 7.63. The second-order valence-electron chi connectivity index (χ2n) is 4.47. The van der Waals surface area contributed by atoms with Gasteiger partial charge in [-0.15, -0.1) is 0 Å². The van der Waals surface area contributed by atoms with Crippen molar-refractivity contribution in [1.29, 1.82) is 0 Å². The Morgan fingerprint density at radius 1 is 1.29 bits per heavy atom. The van der Waals surface area contributed by atoms with E-state index in [2.05, 4.69) is 11.8 Å². The molecule has 0 N–H and O–H groups in total. The normalized spacial score (nSPS) is 17.4. The molecule has 1 heterocycles. The molecule has 1 amide bonds. The third kappa shape index (κ3) is 5.48. The van der Waals surface area contributed by atoms with Gasteiger partial charge in [-0.2, -0.15) is 0 Å². The highest BCUT2D eigenvalue weighted by atomic mass is 16.7. The number of amides is 1. The highest BCUT2D eigenvalue weighted by Crippen LogP contribution is 2.09. The molecule has 0 aliphatic carbocycles. The van der Waals surface area contributed by atoms with Crippen LogP contribution in [0.25, 0.3) is 0 Å². The van der Waals surface area contributed by atoms with E-state index >= 15 is 0 Å². The molecule has 0 saturated carbocycles. The molecule has 0 aromatic rings. The van der Waals surface area contributed by atoms with E-state index in [9.17, 15) is 4.79 Å². The number of ether oxygens (including phenoxy) is 2. The highest BCUT2D eigenvalue weighted by Gasteiger charge is 2.17. The van der Waals surface area contributed by atoms with Crippen LogP contribution in [0.1, 0.15) is 19.8 Å². The molecule has 0 aromatic carbocycles. The van der Waals surface area contributed by atoms with Crippen LogP contribution in [0.4, 0.5) is 0 Å². The van der Waals surface area contributed by atoms with Crippen molar-refractivity contribution in [2.75, 3.05) is 46.9 Å². The van der Waals surface area contributed by atoms with Gasteiger partial charge in [0.05, 0.1) is 19.8 Å². The van der Waals surface area contributed by atoms with Crippen LogP contribution in [0.3, 0.4) is 0 Å². The Kier molecular flexibility index (Phi) is 6.47. The lowest BCUT2D eigenvalue weighted by atomic mass is 10.3. The zero-order valence-electron chi connectivity index (χ0n) is 11.1. The van der Waals surface area contributed by atoms with Gasteiger partial charge in [0.25, 0.3) is 0 Å². The Hall–Kier alpha value is -0.650. The molecule has 0 unspecified atom stereocenters. The van der Waals surface area contributed by atoms with E-state index in [0.717, 1.165) is 39.1 Å². The SMILES string of the molecule is CCN(CCC1OCCCO1)CC(=O)N(C)C.